The summed E-state index contributed by atoms with van der Waals surface area (Å²) >= 11 is 3.46. The van der Waals surface area contributed by atoms with Gasteiger partial charge in [-0.3, -0.25) is 4.84 Å². The fourth-order valence-electron chi connectivity index (χ4n) is 0.918. The molecule has 1 rings (SSSR count). The summed E-state index contributed by atoms with van der Waals surface area (Å²) in [6, 6.07) is 8.05. The molecule has 0 bridgehead atoms. The average molecular weight is 244 g/mol. The first-order valence-electron chi connectivity index (χ1n) is 4.42. The van der Waals surface area contributed by atoms with Crippen LogP contribution in [0.15, 0.2) is 28.7 Å². The van der Waals surface area contributed by atoms with Gasteiger partial charge in [0.2, 0.25) is 0 Å². The Morgan fingerprint density at radius 2 is 2.15 bits per heavy atom. The van der Waals surface area contributed by atoms with Crippen LogP contribution in [0.3, 0.4) is 0 Å². The van der Waals surface area contributed by atoms with E-state index in [1.54, 1.807) is 0 Å². The van der Waals surface area contributed by atoms with E-state index in [0.717, 1.165) is 23.0 Å². The molecule has 0 aliphatic carbocycles. The molecule has 0 amide bonds. The minimum atomic E-state index is 0.599. The number of hydrogen-bond acceptors (Lipinski definition) is 2. The molecule has 0 heterocycles. The third-order valence-corrected chi connectivity index (χ3v) is 2.41. The summed E-state index contributed by atoms with van der Waals surface area (Å²) in [4.78, 5) is 5.26. The molecule has 1 aromatic rings. The Morgan fingerprint density at radius 1 is 1.38 bits per heavy atom. The fraction of sp³-hybridized carbons (Fsp3) is 0.400. The van der Waals surface area contributed by atoms with Crippen LogP contribution >= 0.6 is 15.9 Å². The third kappa shape index (κ3) is 3.89. The standard InChI is InChI=1S/C10H14BrNO/c1-2-7-12-13-8-9-5-3-4-6-10(9)11/h3-6,12H,2,7-8H2,1H3. The van der Waals surface area contributed by atoms with Crippen LogP contribution in [0, 0.1) is 0 Å². The Morgan fingerprint density at radius 3 is 2.85 bits per heavy atom. The lowest BCUT2D eigenvalue weighted by Crippen LogP contribution is -2.15. The smallest absolute Gasteiger partial charge is 0.0943 e. The van der Waals surface area contributed by atoms with Gasteiger partial charge in [-0.2, -0.15) is 0 Å². The van der Waals surface area contributed by atoms with Gasteiger partial charge in [-0.05, 0) is 18.1 Å². The average Bonchev–Trinajstić information content (AvgIpc) is 2.15. The number of nitrogens with one attached hydrogen (secondary N) is 1. The van der Waals surface area contributed by atoms with Gasteiger partial charge in [0.1, 0.15) is 0 Å². The molecule has 0 radical (unpaired) electrons. The summed E-state index contributed by atoms with van der Waals surface area (Å²) in [6.45, 7) is 3.60. The van der Waals surface area contributed by atoms with Crippen LogP contribution < -0.4 is 5.48 Å². The summed E-state index contributed by atoms with van der Waals surface area (Å²) in [5.41, 5.74) is 4.05. The van der Waals surface area contributed by atoms with Crippen LogP contribution in [0.5, 0.6) is 0 Å². The summed E-state index contributed by atoms with van der Waals surface area (Å²) in [5.74, 6) is 0. The van der Waals surface area contributed by atoms with E-state index in [1.807, 2.05) is 24.3 Å². The zero-order valence-electron chi connectivity index (χ0n) is 7.72. The molecule has 0 fully saturated rings. The minimum absolute atomic E-state index is 0.599. The van der Waals surface area contributed by atoms with Gasteiger partial charge in [-0.1, -0.05) is 41.1 Å². The number of rotatable bonds is 5. The van der Waals surface area contributed by atoms with Crippen molar-refractivity contribution < 1.29 is 4.84 Å². The molecule has 0 spiro atoms. The fourth-order valence-corrected chi connectivity index (χ4v) is 1.32. The highest BCUT2D eigenvalue weighted by molar-refractivity contribution is 9.10. The first-order chi connectivity index (χ1) is 6.34. The van der Waals surface area contributed by atoms with Crippen molar-refractivity contribution in [3.05, 3.63) is 34.3 Å². The van der Waals surface area contributed by atoms with Crippen molar-refractivity contribution in [1.29, 1.82) is 0 Å². The molecule has 72 valence electrons. The van der Waals surface area contributed by atoms with Crippen molar-refractivity contribution in [1.82, 2.24) is 5.48 Å². The zero-order chi connectivity index (χ0) is 9.52. The summed E-state index contributed by atoms with van der Waals surface area (Å²) in [5, 5.41) is 0. The van der Waals surface area contributed by atoms with Crippen molar-refractivity contribution in [3.8, 4) is 0 Å². The second kappa shape index (κ2) is 6.13. The van der Waals surface area contributed by atoms with E-state index in [0.29, 0.717) is 6.61 Å². The van der Waals surface area contributed by atoms with Crippen molar-refractivity contribution >= 4 is 15.9 Å². The maximum absolute atomic E-state index is 5.26. The molecule has 0 aromatic heterocycles. The lowest BCUT2D eigenvalue weighted by Gasteiger charge is -2.05. The number of hydrogen-bond donors (Lipinski definition) is 1. The van der Waals surface area contributed by atoms with Crippen molar-refractivity contribution in [2.45, 2.75) is 20.0 Å². The lowest BCUT2D eigenvalue weighted by atomic mass is 10.2. The van der Waals surface area contributed by atoms with Crippen LogP contribution in [0.2, 0.25) is 0 Å². The molecule has 13 heavy (non-hydrogen) atoms. The highest BCUT2D eigenvalue weighted by Gasteiger charge is 1.97. The van der Waals surface area contributed by atoms with E-state index in [2.05, 4.69) is 28.3 Å². The summed E-state index contributed by atoms with van der Waals surface area (Å²) in [6.07, 6.45) is 1.08. The normalized spacial score (nSPS) is 10.3. The van der Waals surface area contributed by atoms with Crippen molar-refractivity contribution in [3.63, 3.8) is 0 Å². The monoisotopic (exact) mass is 243 g/mol. The molecule has 0 saturated heterocycles. The second-order valence-electron chi connectivity index (χ2n) is 2.77. The minimum Gasteiger partial charge on any atom is -0.297 e. The van der Waals surface area contributed by atoms with Gasteiger partial charge >= 0.3 is 0 Å². The van der Waals surface area contributed by atoms with Crippen molar-refractivity contribution in [2.24, 2.45) is 0 Å². The molecule has 0 unspecified atom stereocenters. The Hall–Kier alpha value is -0.380. The van der Waals surface area contributed by atoms with Gasteiger partial charge < -0.3 is 0 Å². The predicted octanol–water partition coefficient (Wildman–Crippen LogP) is 2.88. The molecular weight excluding hydrogens is 230 g/mol. The van der Waals surface area contributed by atoms with E-state index in [1.165, 1.54) is 0 Å². The van der Waals surface area contributed by atoms with Gasteiger partial charge in [0, 0.05) is 11.0 Å². The number of halogens is 1. The Kier molecular flexibility index (Phi) is 5.05. The van der Waals surface area contributed by atoms with Gasteiger partial charge in [-0.25, -0.2) is 5.48 Å². The maximum Gasteiger partial charge on any atom is 0.0943 e. The third-order valence-electron chi connectivity index (χ3n) is 1.64. The first kappa shape index (κ1) is 10.7. The molecule has 1 N–H and O–H groups in total. The predicted molar refractivity (Wildman–Crippen MR) is 57.2 cm³/mol. The van der Waals surface area contributed by atoms with Crippen LogP contribution in [0.1, 0.15) is 18.9 Å². The molecule has 0 atom stereocenters. The lowest BCUT2D eigenvalue weighted by molar-refractivity contribution is 0.0280. The van der Waals surface area contributed by atoms with E-state index in [9.17, 15) is 0 Å². The summed E-state index contributed by atoms with van der Waals surface area (Å²) < 4.78 is 1.09. The van der Waals surface area contributed by atoms with E-state index in [-0.39, 0.29) is 0 Å². The molecule has 0 aliphatic rings. The van der Waals surface area contributed by atoms with Gasteiger partial charge in [0.05, 0.1) is 6.61 Å². The molecule has 3 heteroatoms. The zero-order valence-corrected chi connectivity index (χ0v) is 9.30. The van der Waals surface area contributed by atoms with Crippen LogP contribution in [0.4, 0.5) is 0 Å². The SMILES string of the molecule is CCCNOCc1ccccc1Br. The van der Waals surface area contributed by atoms with E-state index in [4.69, 9.17) is 4.84 Å². The number of benzene rings is 1. The van der Waals surface area contributed by atoms with Gasteiger partial charge in [0.15, 0.2) is 0 Å². The Bertz CT molecular complexity index is 252. The van der Waals surface area contributed by atoms with Crippen LogP contribution in [-0.2, 0) is 11.4 Å². The van der Waals surface area contributed by atoms with E-state index < -0.39 is 0 Å². The maximum atomic E-state index is 5.26. The summed E-state index contributed by atoms with van der Waals surface area (Å²) in [7, 11) is 0. The first-order valence-corrected chi connectivity index (χ1v) is 5.22. The Labute approximate surface area is 87.4 Å². The number of hydroxylamine groups is 1. The van der Waals surface area contributed by atoms with E-state index >= 15 is 0 Å². The highest BCUT2D eigenvalue weighted by Crippen LogP contribution is 2.15. The van der Waals surface area contributed by atoms with Crippen LogP contribution in [0.25, 0.3) is 0 Å². The van der Waals surface area contributed by atoms with Gasteiger partial charge in [0.25, 0.3) is 0 Å². The molecule has 0 saturated carbocycles. The second-order valence-corrected chi connectivity index (χ2v) is 3.63. The Balaban J connectivity index is 2.32. The molecule has 2 nitrogen and oxygen atoms in total. The highest BCUT2D eigenvalue weighted by atomic mass is 79.9. The van der Waals surface area contributed by atoms with Gasteiger partial charge in [-0.15, -0.1) is 0 Å². The quantitative estimate of drug-likeness (QED) is 0.635. The molecule has 0 aliphatic heterocycles. The van der Waals surface area contributed by atoms with Crippen LogP contribution in [-0.4, -0.2) is 6.54 Å². The van der Waals surface area contributed by atoms with Crippen molar-refractivity contribution in [2.75, 3.05) is 6.54 Å². The largest absolute Gasteiger partial charge is 0.297 e. The molecule has 1 aromatic carbocycles. The molecular formula is C10H14BrNO. The topological polar surface area (TPSA) is 21.3 Å².